The minimum atomic E-state index is -0.0467. The number of hydrogen-bond donors (Lipinski definition) is 1. The molecule has 0 unspecified atom stereocenters. The van der Waals surface area contributed by atoms with Gasteiger partial charge in [-0.15, -0.1) is 0 Å². The molecule has 2 saturated heterocycles. The molecule has 2 aliphatic heterocycles. The molecule has 3 heterocycles. The Hall–Kier alpha value is -0.980. The highest BCUT2D eigenvalue weighted by Crippen LogP contribution is 2.32. The number of morpholine rings is 1. The quantitative estimate of drug-likeness (QED) is 0.915. The summed E-state index contributed by atoms with van der Waals surface area (Å²) in [5.74, 6) is 2.28. The molecule has 0 bridgehead atoms. The van der Waals surface area contributed by atoms with Crippen molar-refractivity contribution in [2.45, 2.75) is 18.4 Å². The van der Waals surface area contributed by atoms with Crippen molar-refractivity contribution >= 4 is 17.7 Å². The van der Waals surface area contributed by atoms with Gasteiger partial charge in [-0.05, 0) is 30.4 Å². The molecule has 3 rings (SSSR count). The van der Waals surface area contributed by atoms with Gasteiger partial charge in [0, 0.05) is 25.2 Å². The lowest BCUT2D eigenvalue weighted by Crippen LogP contribution is -2.60. The second-order valence-corrected chi connectivity index (χ2v) is 6.86. The summed E-state index contributed by atoms with van der Waals surface area (Å²) in [6.07, 6.45) is 5.28. The van der Waals surface area contributed by atoms with E-state index in [-0.39, 0.29) is 11.4 Å². The highest BCUT2D eigenvalue weighted by Gasteiger charge is 2.39. The Morgan fingerprint density at radius 1 is 1.33 bits per heavy atom. The van der Waals surface area contributed by atoms with Crippen molar-refractivity contribution < 1.29 is 13.9 Å². The zero-order valence-corrected chi connectivity index (χ0v) is 13.0. The van der Waals surface area contributed by atoms with Gasteiger partial charge < -0.3 is 14.5 Å². The maximum absolute atomic E-state index is 12.2. The normalized spacial score (nSPS) is 22.9. The van der Waals surface area contributed by atoms with Gasteiger partial charge >= 0.3 is 0 Å². The average molecular weight is 310 g/mol. The molecule has 2 aliphatic rings. The molecule has 21 heavy (non-hydrogen) atoms. The number of carbonyl (C=O) groups excluding carboxylic acids is 1. The highest BCUT2D eigenvalue weighted by atomic mass is 32.2. The van der Waals surface area contributed by atoms with Crippen LogP contribution in [0, 0.1) is 0 Å². The second-order valence-electron chi connectivity index (χ2n) is 5.63. The molecular weight excluding hydrogens is 288 g/mol. The molecule has 1 aromatic heterocycles. The second kappa shape index (κ2) is 6.85. The van der Waals surface area contributed by atoms with Crippen LogP contribution >= 0.6 is 11.8 Å². The Kier molecular flexibility index (Phi) is 4.87. The first kappa shape index (κ1) is 14.9. The van der Waals surface area contributed by atoms with Crippen molar-refractivity contribution in [3.63, 3.8) is 0 Å². The number of nitrogens with zero attached hydrogens (tertiary/aromatic N) is 1. The third-order valence-corrected chi connectivity index (χ3v) is 5.45. The Bertz CT molecular complexity index is 451. The Balaban J connectivity index is 1.65. The van der Waals surface area contributed by atoms with E-state index in [1.54, 1.807) is 6.07 Å². The first-order valence-corrected chi connectivity index (χ1v) is 8.67. The summed E-state index contributed by atoms with van der Waals surface area (Å²) in [6.45, 7) is 4.23. The lowest BCUT2D eigenvalue weighted by atomic mass is 9.89. The molecule has 0 atom stereocenters. The summed E-state index contributed by atoms with van der Waals surface area (Å²) in [5.41, 5.74) is 0.686. The largest absolute Gasteiger partial charge is 0.472 e. The van der Waals surface area contributed by atoms with Gasteiger partial charge in [0.1, 0.15) is 6.26 Å². The number of hydrogen-bond acceptors (Lipinski definition) is 5. The monoisotopic (exact) mass is 310 g/mol. The van der Waals surface area contributed by atoms with Crippen LogP contribution in [0.4, 0.5) is 0 Å². The number of rotatable bonds is 4. The van der Waals surface area contributed by atoms with E-state index in [0.717, 1.165) is 39.1 Å². The van der Waals surface area contributed by atoms with Gasteiger partial charge in [-0.3, -0.25) is 9.69 Å². The van der Waals surface area contributed by atoms with Crippen LogP contribution in [0.1, 0.15) is 23.2 Å². The van der Waals surface area contributed by atoms with Crippen LogP contribution in [0.15, 0.2) is 23.0 Å². The van der Waals surface area contributed by atoms with Crippen molar-refractivity contribution in [2.24, 2.45) is 0 Å². The fraction of sp³-hybridized carbons (Fsp3) is 0.667. The van der Waals surface area contributed by atoms with Gasteiger partial charge in [-0.1, -0.05) is 0 Å². The van der Waals surface area contributed by atoms with Gasteiger partial charge in [0.15, 0.2) is 0 Å². The number of ether oxygens (including phenoxy) is 1. The van der Waals surface area contributed by atoms with Crippen molar-refractivity contribution in [1.82, 2.24) is 10.2 Å². The van der Waals surface area contributed by atoms with Gasteiger partial charge in [0.25, 0.3) is 5.91 Å². The summed E-state index contributed by atoms with van der Waals surface area (Å²) in [5, 5.41) is 3.10. The summed E-state index contributed by atoms with van der Waals surface area (Å²) in [7, 11) is 0. The maximum atomic E-state index is 12.2. The molecule has 1 aromatic rings. The molecule has 0 radical (unpaired) electrons. The van der Waals surface area contributed by atoms with E-state index < -0.39 is 0 Å². The predicted molar refractivity (Wildman–Crippen MR) is 82.7 cm³/mol. The molecule has 0 aromatic carbocycles. The van der Waals surface area contributed by atoms with Crippen molar-refractivity contribution in [3.05, 3.63) is 24.2 Å². The molecular formula is C15H22N2O3S. The number of furan rings is 1. The lowest BCUT2D eigenvalue weighted by Gasteiger charge is -2.48. The molecule has 6 heteroatoms. The number of nitrogens with one attached hydrogen (secondary N) is 1. The van der Waals surface area contributed by atoms with E-state index in [1.165, 1.54) is 24.0 Å². The molecule has 0 saturated carbocycles. The zero-order valence-electron chi connectivity index (χ0n) is 12.2. The molecule has 0 aliphatic carbocycles. The third-order valence-electron chi connectivity index (χ3n) is 4.47. The topological polar surface area (TPSA) is 54.7 Å². The van der Waals surface area contributed by atoms with Crippen LogP contribution in [0.2, 0.25) is 0 Å². The van der Waals surface area contributed by atoms with Crippen molar-refractivity contribution in [1.29, 1.82) is 0 Å². The number of thioether (sulfide) groups is 1. The SMILES string of the molecule is O=C(NCC1(N2CCOCC2)CCSCC1)c1ccoc1. The Morgan fingerprint density at radius 2 is 2.10 bits per heavy atom. The summed E-state index contributed by atoms with van der Waals surface area (Å²) >= 11 is 2.01. The van der Waals surface area contributed by atoms with Gasteiger partial charge in [-0.2, -0.15) is 11.8 Å². The maximum Gasteiger partial charge on any atom is 0.254 e. The minimum Gasteiger partial charge on any atom is -0.472 e. The number of amides is 1. The minimum absolute atomic E-state index is 0.0467. The van der Waals surface area contributed by atoms with E-state index >= 15 is 0 Å². The average Bonchev–Trinajstić information content (AvgIpc) is 3.09. The first-order chi connectivity index (χ1) is 10.3. The fourth-order valence-electron chi connectivity index (χ4n) is 3.13. The van der Waals surface area contributed by atoms with Gasteiger partial charge in [-0.25, -0.2) is 0 Å². The first-order valence-electron chi connectivity index (χ1n) is 7.51. The standard InChI is InChI=1S/C15H22N2O3S/c18-14(13-1-6-20-11-13)16-12-15(2-9-21-10-3-15)17-4-7-19-8-5-17/h1,6,11H,2-5,7-10,12H2,(H,16,18). The smallest absolute Gasteiger partial charge is 0.254 e. The Labute approximate surface area is 129 Å². The summed E-state index contributed by atoms with van der Waals surface area (Å²) < 4.78 is 10.5. The van der Waals surface area contributed by atoms with Gasteiger partial charge in [0.05, 0.1) is 25.0 Å². The highest BCUT2D eigenvalue weighted by molar-refractivity contribution is 7.99. The molecule has 1 amide bonds. The fourth-order valence-corrected chi connectivity index (χ4v) is 4.39. The Morgan fingerprint density at radius 3 is 2.76 bits per heavy atom. The summed E-state index contributed by atoms with van der Waals surface area (Å²) in [4.78, 5) is 14.7. The third kappa shape index (κ3) is 3.44. The molecule has 116 valence electrons. The molecule has 5 nitrogen and oxygen atoms in total. The molecule has 0 spiro atoms. The van der Waals surface area contributed by atoms with E-state index in [2.05, 4.69) is 10.2 Å². The van der Waals surface area contributed by atoms with Crippen LogP contribution < -0.4 is 5.32 Å². The zero-order chi connectivity index (χ0) is 14.5. The van der Waals surface area contributed by atoms with Gasteiger partial charge in [0.2, 0.25) is 0 Å². The van der Waals surface area contributed by atoms with Crippen molar-refractivity contribution in [2.75, 3.05) is 44.4 Å². The molecule has 2 fully saturated rings. The van der Waals surface area contributed by atoms with Crippen LogP contribution in [0.5, 0.6) is 0 Å². The lowest BCUT2D eigenvalue weighted by molar-refractivity contribution is -0.0255. The van der Waals surface area contributed by atoms with Crippen LogP contribution in [-0.4, -0.2) is 60.7 Å². The predicted octanol–water partition coefficient (Wildman–Crippen LogP) is 1.61. The van der Waals surface area contributed by atoms with Crippen LogP contribution in [-0.2, 0) is 4.74 Å². The molecule has 1 N–H and O–H groups in total. The van der Waals surface area contributed by atoms with E-state index in [1.807, 2.05) is 11.8 Å². The van der Waals surface area contributed by atoms with E-state index in [0.29, 0.717) is 12.1 Å². The van der Waals surface area contributed by atoms with Crippen molar-refractivity contribution in [3.8, 4) is 0 Å². The van der Waals surface area contributed by atoms with Crippen LogP contribution in [0.3, 0.4) is 0 Å². The summed E-state index contributed by atoms with van der Waals surface area (Å²) in [6, 6.07) is 1.70. The van der Waals surface area contributed by atoms with Crippen LogP contribution in [0.25, 0.3) is 0 Å². The number of carbonyl (C=O) groups is 1. The van der Waals surface area contributed by atoms with E-state index in [4.69, 9.17) is 9.15 Å². The van der Waals surface area contributed by atoms with E-state index in [9.17, 15) is 4.79 Å².